The van der Waals surface area contributed by atoms with Crippen molar-refractivity contribution in [3.63, 3.8) is 0 Å². The first kappa shape index (κ1) is 21.6. The minimum Gasteiger partial charge on any atom is -0.487 e. The molecular formula is C23H25N3O3S. The van der Waals surface area contributed by atoms with Crippen molar-refractivity contribution in [1.82, 2.24) is 9.97 Å². The minimum absolute atomic E-state index is 0.122. The second kappa shape index (κ2) is 10.1. The largest absolute Gasteiger partial charge is 0.487 e. The van der Waals surface area contributed by atoms with Crippen molar-refractivity contribution in [3.8, 4) is 5.75 Å². The second-order valence-electron chi connectivity index (χ2n) is 6.97. The van der Waals surface area contributed by atoms with Gasteiger partial charge in [-0.1, -0.05) is 54.6 Å². The molecule has 0 saturated carbocycles. The number of hydrogen-bond acceptors (Lipinski definition) is 5. The maximum atomic E-state index is 12.8. The predicted octanol–water partition coefficient (Wildman–Crippen LogP) is 4.48. The summed E-state index contributed by atoms with van der Waals surface area (Å²) in [5.74, 6) is 0.580. The summed E-state index contributed by atoms with van der Waals surface area (Å²) in [6.07, 6.45) is 0.593. The van der Waals surface area contributed by atoms with E-state index in [9.17, 15) is 9.59 Å². The molecule has 0 spiro atoms. The first-order chi connectivity index (χ1) is 14.4. The van der Waals surface area contributed by atoms with Crippen LogP contribution in [0.5, 0.6) is 5.75 Å². The van der Waals surface area contributed by atoms with Crippen LogP contribution in [0.15, 0.2) is 64.5 Å². The van der Waals surface area contributed by atoms with Crippen LogP contribution < -0.4 is 15.6 Å². The summed E-state index contributed by atoms with van der Waals surface area (Å²) in [5, 5.41) is 2.99. The van der Waals surface area contributed by atoms with Crippen LogP contribution in [0.2, 0.25) is 0 Å². The van der Waals surface area contributed by atoms with Crippen LogP contribution in [0.4, 0.5) is 5.69 Å². The number of ether oxygens (including phenoxy) is 1. The summed E-state index contributed by atoms with van der Waals surface area (Å²) >= 11 is 1.24. The highest BCUT2D eigenvalue weighted by Crippen LogP contribution is 2.24. The highest BCUT2D eigenvalue weighted by atomic mass is 32.2. The summed E-state index contributed by atoms with van der Waals surface area (Å²) < 4.78 is 5.68. The Balaban J connectivity index is 1.69. The molecule has 156 valence electrons. The third kappa shape index (κ3) is 5.97. The van der Waals surface area contributed by atoms with Gasteiger partial charge in [0.1, 0.15) is 12.4 Å². The summed E-state index contributed by atoms with van der Waals surface area (Å²) in [7, 11) is 0. The third-order valence-electron chi connectivity index (χ3n) is 4.46. The van der Waals surface area contributed by atoms with Gasteiger partial charge in [0.05, 0.1) is 10.9 Å². The standard InChI is InChI=1S/C23H25N3O3S/c1-4-20(22(28)25-19-11-10-15(2)12-16(19)3)30-23-24-17(13-21(27)26-23)14-29-18-8-6-5-7-9-18/h5-13,20H,4,14H2,1-3H3,(H,25,28)(H,24,26,27). The number of rotatable bonds is 8. The molecule has 3 rings (SSSR count). The van der Waals surface area contributed by atoms with E-state index in [1.165, 1.54) is 17.8 Å². The van der Waals surface area contributed by atoms with Crippen LogP contribution >= 0.6 is 11.8 Å². The maximum Gasteiger partial charge on any atom is 0.251 e. The molecule has 2 aromatic carbocycles. The molecule has 2 N–H and O–H groups in total. The summed E-state index contributed by atoms with van der Waals surface area (Å²) in [5.41, 5.74) is 3.17. The first-order valence-electron chi connectivity index (χ1n) is 9.77. The molecule has 1 unspecified atom stereocenters. The lowest BCUT2D eigenvalue weighted by Gasteiger charge is -2.16. The molecule has 0 radical (unpaired) electrons. The van der Waals surface area contributed by atoms with Gasteiger partial charge >= 0.3 is 0 Å². The molecule has 3 aromatic rings. The number of carbonyl (C=O) groups excluding carboxylic acids is 1. The fourth-order valence-corrected chi connectivity index (χ4v) is 3.84. The fraction of sp³-hybridized carbons (Fsp3) is 0.261. The SMILES string of the molecule is CCC(Sc1nc(COc2ccccc2)cc(=O)[nH]1)C(=O)Nc1ccc(C)cc1C. The number of carbonyl (C=O) groups is 1. The molecule has 30 heavy (non-hydrogen) atoms. The molecule has 1 heterocycles. The van der Waals surface area contributed by atoms with Gasteiger partial charge in [-0.15, -0.1) is 0 Å². The Morgan fingerprint density at radius 2 is 1.93 bits per heavy atom. The number of nitrogens with zero attached hydrogens (tertiary/aromatic N) is 1. The van der Waals surface area contributed by atoms with Crippen molar-refractivity contribution in [3.05, 3.63) is 81.8 Å². The van der Waals surface area contributed by atoms with E-state index in [4.69, 9.17) is 4.74 Å². The lowest BCUT2D eigenvalue weighted by Crippen LogP contribution is -2.26. The lowest BCUT2D eigenvalue weighted by molar-refractivity contribution is -0.115. The lowest BCUT2D eigenvalue weighted by atomic mass is 10.1. The molecule has 1 aromatic heterocycles. The number of nitrogens with one attached hydrogen (secondary N) is 2. The number of benzene rings is 2. The van der Waals surface area contributed by atoms with Crippen LogP contribution in [-0.4, -0.2) is 21.1 Å². The molecule has 6 nitrogen and oxygen atoms in total. The van der Waals surface area contributed by atoms with Gasteiger partial charge in [-0.25, -0.2) is 4.98 Å². The number of amides is 1. The quantitative estimate of drug-likeness (QED) is 0.412. The zero-order valence-electron chi connectivity index (χ0n) is 17.3. The van der Waals surface area contributed by atoms with Gasteiger partial charge in [-0.3, -0.25) is 9.59 Å². The first-order valence-corrected chi connectivity index (χ1v) is 10.7. The Bertz CT molecular complexity index is 1070. The van der Waals surface area contributed by atoms with Crippen molar-refractivity contribution in [2.24, 2.45) is 0 Å². The van der Waals surface area contributed by atoms with Gasteiger partial charge in [0, 0.05) is 11.8 Å². The number of anilines is 1. The van der Waals surface area contributed by atoms with E-state index < -0.39 is 0 Å². The Kier molecular flexibility index (Phi) is 7.30. The van der Waals surface area contributed by atoms with Crippen molar-refractivity contribution in [2.45, 2.75) is 44.2 Å². The van der Waals surface area contributed by atoms with E-state index in [1.807, 2.05) is 69.3 Å². The predicted molar refractivity (Wildman–Crippen MR) is 120 cm³/mol. The number of aromatic amines is 1. The Labute approximate surface area is 180 Å². The fourth-order valence-electron chi connectivity index (χ4n) is 2.91. The normalized spacial score (nSPS) is 11.7. The maximum absolute atomic E-state index is 12.8. The molecular weight excluding hydrogens is 398 g/mol. The molecule has 1 atom stereocenters. The van der Waals surface area contributed by atoms with Gasteiger partial charge in [0.15, 0.2) is 5.16 Å². The zero-order valence-corrected chi connectivity index (χ0v) is 18.1. The monoisotopic (exact) mass is 423 g/mol. The van der Waals surface area contributed by atoms with Crippen LogP contribution in [0.25, 0.3) is 0 Å². The van der Waals surface area contributed by atoms with E-state index in [-0.39, 0.29) is 23.3 Å². The summed E-state index contributed by atoms with van der Waals surface area (Å²) in [6.45, 7) is 6.08. The summed E-state index contributed by atoms with van der Waals surface area (Å²) in [4.78, 5) is 32.0. The number of para-hydroxylation sites is 1. The number of aromatic nitrogens is 2. The van der Waals surface area contributed by atoms with Gasteiger partial charge in [-0.2, -0.15) is 0 Å². The van der Waals surface area contributed by atoms with Crippen molar-refractivity contribution < 1.29 is 9.53 Å². The van der Waals surface area contributed by atoms with Crippen LogP contribution in [0, 0.1) is 13.8 Å². The van der Waals surface area contributed by atoms with Gasteiger partial charge in [0.25, 0.3) is 5.56 Å². The van der Waals surface area contributed by atoms with E-state index in [1.54, 1.807) is 0 Å². The molecule has 0 bridgehead atoms. The van der Waals surface area contributed by atoms with Crippen LogP contribution in [0.3, 0.4) is 0 Å². The molecule has 1 amide bonds. The summed E-state index contributed by atoms with van der Waals surface area (Å²) in [6, 6.07) is 16.6. The van der Waals surface area contributed by atoms with Gasteiger partial charge < -0.3 is 15.0 Å². The average Bonchev–Trinajstić information content (AvgIpc) is 2.73. The highest BCUT2D eigenvalue weighted by molar-refractivity contribution is 8.00. The van der Waals surface area contributed by atoms with Crippen LogP contribution in [-0.2, 0) is 11.4 Å². The third-order valence-corrected chi connectivity index (χ3v) is 5.71. The Hall–Kier alpha value is -3.06. The molecule has 0 aliphatic rings. The number of H-pyrrole nitrogens is 1. The van der Waals surface area contributed by atoms with E-state index >= 15 is 0 Å². The zero-order chi connectivity index (χ0) is 21.5. The smallest absolute Gasteiger partial charge is 0.251 e. The Morgan fingerprint density at radius 3 is 2.63 bits per heavy atom. The average molecular weight is 424 g/mol. The number of aryl methyl sites for hydroxylation is 2. The van der Waals surface area contributed by atoms with Crippen molar-refractivity contribution in [1.29, 1.82) is 0 Å². The number of hydrogen-bond donors (Lipinski definition) is 2. The number of thioether (sulfide) groups is 1. The van der Waals surface area contributed by atoms with Crippen molar-refractivity contribution >= 4 is 23.4 Å². The topological polar surface area (TPSA) is 84.1 Å². The molecule has 0 aliphatic carbocycles. The second-order valence-corrected chi connectivity index (χ2v) is 8.16. The molecule has 0 fully saturated rings. The highest BCUT2D eigenvalue weighted by Gasteiger charge is 2.20. The van der Waals surface area contributed by atoms with Gasteiger partial charge in [-0.05, 0) is 44.0 Å². The van der Waals surface area contributed by atoms with Crippen LogP contribution in [0.1, 0.15) is 30.2 Å². The molecule has 7 heteroatoms. The molecule has 0 saturated heterocycles. The van der Waals surface area contributed by atoms with E-state index in [0.717, 1.165) is 16.8 Å². The van der Waals surface area contributed by atoms with Gasteiger partial charge in [0.2, 0.25) is 5.91 Å². The molecule has 0 aliphatic heterocycles. The Morgan fingerprint density at radius 1 is 1.17 bits per heavy atom. The van der Waals surface area contributed by atoms with E-state index in [2.05, 4.69) is 15.3 Å². The van der Waals surface area contributed by atoms with E-state index in [0.29, 0.717) is 23.0 Å². The van der Waals surface area contributed by atoms with Crippen molar-refractivity contribution in [2.75, 3.05) is 5.32 Å². The minimum atomic E-state index is -0.390.